The Morgan fingerprint density at radius 3 is 2.71 bits per heavy atom. The summed E-state index contributed by atoms with van der Waals surface area (Å²) in [6.07, 6.45) is 8.15. The third-order valence-corrected chi connectivity index (χ3v) is 8.10. The average molecular weight is 531 g/mol. The highest BCUT2D eigenvalue weighted by Gasteiger charge is 2.44. The minimum Gasteiger partial charge on any atom is -0.385 e. The molecule has 7 nitrogen and oxygen atoms in total. The van der Waals surface area contributed by atoms with Gasteiger partial charge in [0.15, 0.2) is 5.79 Å². The molecule has 0 radical (unpaired) electrons. The maximum absolute atomic E-state index is 13.3. The fraction of sp³-hybridized carbons (Fsp3) is 0.731. The molecule has 1 aromatic rings. The van der Waals surface area contributed by atoms with Crippen molar-refractivity contribution in [2.24, 2.45) is 11.8 Å². The van der Waals surface area contributed by atoms with Crippen molar-refractivity contribution in [2.75, 3.05) is 47.0 Å². The highest BCUT2D eigenvalue weighted by atomic mass is 35.5. The molecule has 9 heteroatoms. The number of hydrogen-bond acceptors (Lipinski definition) is 5. The molecule has 1 aliphatic carbocycles. The smallest absolute Gasteiger partial charge is 0.317 e. The molecule has 198 valence electrons. The molecule has 0 spiro atoms. The van der Waals surface area contributed by atoms with Gasteiger partial charge in [0.05, 0.1) is 16.7 Å². The van der Waals surface area contributed by atoms with Crippen molar-refractivity contribution in [1.82, 2.24) is 15.5 Å². The van der Waals surface area contributed by atoms with Crippen LogP contribution in [0.4, 0.5) is 4.79 Å². The summed E-state index contributed by atoms with van der Waals surface area (Å²) in [7, 11) is 3.55. The number of aliphatic hydroxyl groups is 1. The highest BCUT2D eigenvalue weighted by molar-refractivity contribution is 6.42. The predicted octanol–water partition coefficient (Wildman–Crippen LogP) is 4.78. The number of ether oxygens (including phenoxy) is 2. The molecular formula is C26H41Cl2N3O4. The quantitative estimate of drug-likeness (QED) is 0.268. The largest absolute Gasteiger partial charge is 0.385 e. The standard InChI is InChI=1S/C26H41Cl2N3O4/c1-29-17-21(16-19-8-3-4-9-19)30-25(32)31-13-6-10-20(18-31)26(33,35-15-7-14-34-2)22-11-5-12-23(27)24(22)28/h5,11-12,19-21,29,33H,3-4,6-10,13-18H2,1-2H3,(H,30,32)/t20-,21+,26-/m1/s1. The van der Waals surface area contributed by atoms with E-state index < -0.39 is 5.79 Å². The van der Waals surface area contributed by atoms with Crippen LogP contribution in [0.2, 0.25) is 10.0 Å². The van der Waals surface area contributed by atoms with E-state index in [9.17, 15) is 9.90 Å². The molecule has 35 heavy (non-hydrogen) atoms. The Hall–Kier alpha value is -1.09. The topological polar surface area (TPSA) is 83.1 Å². The van der Waals surface area contributed by atoms with E-state index in [0.29, 0.717) is 55.6 Å². The number of nitrogens with one attached hydrogen (secondary N) is 2. The Morgan fingerprint density at radius 2 is 2.00 bits per heavy atom. The minimum absolute atomic E-state index is 0.0857. The van der Waals surface area contributed by atoms with E-state index >= 15 is 0 Å². The fourth-order valence-corrected chi connectivity index (χ4v) is 5.90. The fourth-order valence-electron chi connectivity index (χ4n) is 5.46. The molecule has 1 aliphatic heterocycles. The number of likely N-dealkylation sites (N-methyl/N-ethyl adjacent to an activating group) is 1. The second-order valence-corrected chi connectivity index (χ2v) is 10.7. The Morgan fingerprint density at radius 1 is 1.23 bits per heavy atom. The summed E-state index contributed by atoms with van der Waals surface area (Å²) in [5.74, 6) is -1.33. The van der Waals surface area contributed by atoms with Crippen molar-refractivity contribution in [3.05, 3.63) is 33.8 Å². The summed E-state index contributed by atoms with van der Waals surface area (Å²) in [6, 6.07) is 5.18. The van der Waals surface area contributed by atoms with Gasteiger partial charge in [0.2, 0.25) is 0 Å². The van der Waals surface area contributed by atoms with Crippen molar-refractivity contribution in [2.45, 2.75) is 63.2 Å². The van der Waals surface area contributed by atoms with E-state index in [0.717, 1.165) is 19.4 Å². The monoisotopic (exact) mass is 529 g/mol. The molecular weight excluding hydrogens is 489 g/mol. The van der Waals surface area contributed by atoms with Crippen LogP contribution in [0, 0.1) is 11.8 Å². The first-order valence-corrected chi connectivity index (χ1v) is 13.6. The summed E-state index contributed by atoms with van der Waals surface area (Å²) in [4.78, 5) is 15.1. The number of amides is 2. The van der Waals surface area contributed by atoms with Gasteiger partial charge in [-0.3, -0.25) is 0 Å². The van der Waals surface area contributed by atoms with E-state index in [1.165, 1.54) is 25.7 Å². The van der Waals surface area contributed by atoms with Crippen molar-refractivity contribution in [1.29, 1.82) is 0 Å². The molecule has 0 bridgehead atoms. The van der Waals surface area contributed by atoms with E-state index in [-0.39, 0.29) is 23.0 Å². The van der Waals surface area contributed by atoms with E-state index in [1.807, 2.05) is 7.05 Å². The molecule has 0 aromatic heterocycles. The molecule has 1 saturated heterocycles. The van der Waals surface area contributed by atoms with E-state index in [2.05, 4.69) is 10.6 Å². The summed E-state index contributed by atoms with van der Waals surface area (Å²) >= 11 is 12.8. The van der Waals surface area contributed by atoms with Gasteiger partial charge in [0.1, 0.15) is 0 Å². The molecule has 3 N–H and O–H groups in total. The molecule has 1 aromatic carbocycles. The van der Waals surface area contributed by atoms with Gasteiger partial charge in [0, 0.05) is 50.9 Å². The van der Waals surface area contributed by atoms with Gasteiger partial charge in [0.25, 0.3) is 0 Å². The third-order valence-electron chi connectivity index (χ3n) is 7.29. The van der Waals surface area contributed by atoms with Crippen LogP contribution in [-0.4, -0.2) is 69.1 Å². The summed E-state index contributed by atoms with van der Waals surface area (Å²) in [6.45, 7) is 2.56. The lowest BCUT2D eigenvalue weighted by Gasteiger charge is -2.42. The Labute approximate surface area is 219 Å². The SMILES string of the molecule is CNC[C@H](CC1CCCC1)NC(=O)N1CCC[C@@H]([C@@](O)(OCCCOC)c2cccc(Cl)c2Cl)C1. The van der Waals surface area contributed by atoms with Crippen molar-refractivity contribution in [3.8, 4) is 0 Å². The molecule has 3 atom stereocenters. The summed E-state index contributed by atoms with van der Waals surface area (Å²) < 4.78 is 11.2. The Balaban J connectivity index is 1.73. The summed E-state index contributed by atoms with van der Waals surface area (Å²) in [5.41, 5.74) is 0.436. The highest BCUT2D eigenvalue weighted by Crippen LogP contribution is 2.42. The van der Waals surface area contributed by atoms with Crippen molar-refractivity contribution < 1.29 is 19.4 Å². The second-order valence-electron chi connectivity index (χ2n) is 9.87. The normalized spacial score (nSPS) is 21.6. The first-order valence-electron chi connectivity index (χ1n) is 12.9. The lowest BCUT2D eigenvalue weighted by Crippen LogP contribution is -2.54. The second kappa shape index (κ2) is 14.0. The van der Waals surface area contributed by atoms with Crippen molar-refractivity contribution in [3.63, 3.8) is 0 Å². The van der Waals surface area contributed by atoms with Crippen molar-refractivity contribution >= 4 is 29.2 Å². The van der Waals surface area contributed by atoms with Crippen LogP contribution in [0.5, 0.6) is 0 Å². The lowest BCUT2D eigenvalue weighted by molar-refractivity contribution is -0.254. The predicted molar refractivity (Wildman–Crippen MR) is 140 cm³/mol. The zero-order chi connectivity index (χ0) is 25.3. The van der Waals surface area contributed by atoms with Crippen LogP contribution < -0.4 is 10.6 Å². The van der Waals surface area contributed by atoms with Gasteiger partial charge < -0.3 is 30.1 Å². The maximum Gasteiger partial charge on any atom is 0.317 e. The van der Waals surface area contributed by atoms with Crippen LogP contribution in [0.1, 0.15) is 56.9 Å². The third kappa shape index (κ3) is 7.70. The Bertz CT molecular complexity index is 809. The molecule has 2 fully saturated rings. The number of benzene rings is 1. The maximum atomic E-state index is 13.3. The number of carbonyl (C=O) groups is 1. The number of rotatable bonds is 12. The lowest BCUT2D eigenvalue weighted by atomic mass is 9.85. The minimum atomic E-state index is -1.66. The number of carbonyl (C=O) groups excluding carboxylic acids is 1. The zero-order valence-electron chi connectivity index (χ0n) is 21.0. The first kappa shape index (κ1) is 28.5. The average Bonchev–Trinajstić information content (AvgIpc) is 3.36. The molecule has 1 saturated carbocycles. The van der Waals surface area contributed by atoms with Gasteiger partial charge in [-0.1, -0.05) is 61.0 Å². The number of urea groups is 1. The number of methoxy groups -OCH3 is 1. The van der Waals surface area contributed by atoms with Gasteiger partial charge in [-0.05, 0) is 44.7 Å². The molecule has 1 heterocycles. The van der Waals surface area contributed by atoms with Gasteiger partial charge in [-0.15, -0.1) is 0 Å². The number of hydrogen-bond donors (Lipinski definition) is 3. The van der Waals surface area contributed by atoms with Crippen LogP contribution in [-0.2, 0) is 15.3 Å². The van der Waals surface area contributed by atoms with E-state index in [1.54, 1.807) is 30.2 Å². The Kier molecular flexibility index (Phi) is 11.4. The number of likely N-dealkylation sites (tertiary alicyclic amines) is 1. The number of piperidine rings is 1. The summed E-state index contributed by atoms with van der Waals surface area (Å²) in [5, 5.41) is 19.0. The molecule has 0 unspecified atom stereocenters. The van der Waals surface area contributed by atoms with Crippen LogP contribution in [0.25, 0.3) is 0 Å². The van der Waals surface area contributed by atoms with Gasteiger partial charge >= 0.3 is 6.03 Å². The van der Waals surface area contributed by atoms with Gasteiger partial charge in [-0.25, -0.2) is 4.79 Å². The number of nitrogens with zero attached hydrogens (tertiary/aromatic N) is 1. The van der Waals surface area contributed by atoms with E-state index in [4.69, 9.17) is 32.7 Å². The molecule has 2 amide bonds. The van der Waals surface area contributed by atoms with Crippen LogP contribution >= 0.6 is 23.2 Å². The van der Waals surface area contributed by atoms with Crippen LogP contribution in [0.15, 0.2) is 18.2 Å². The van der Waals surface area contributed by atoms with Crippen LogP contribution in [0.3, 0.4) is 0 Å². The first-order chi connectivity index (χ1) is 16.9. The number of halogens is 2. The van der Waals surface area contributed by atoms with Gasteiger partial charge in [-0.2, -0.15) is 0 Å². The molecule has 3 rings (SSSR count). The zero-order valence-corrected chi connectivity index (χ0v) is 22.5. The molecule has 2 aliphatic rings.